The number of carbonyl (C=O) groups is 1. The average Bonchev–Trinajstić information content (AvgIpc) is 2.52. The first-order valence-corrected chi connectivity index (χ1v) is 9.29. The molecule has 24 heavy (non-hydrogen) atoms. The minimum absolute atomic E-state index is 0.0555. The molecule has 0 radical (unpaired) electrons. The molecule has 0 aromatic heterocycles. The molecule has 0 bridgehead atoms. The molecule has 0 saturated heterocycles. The van der Waals surface area contributed by atoms with Gasteiger partial charge in [-0.2, -0.15) is 0 Å². The SMILES string of the molecule is CCCCCCCCC/C=C\C(C)(O)C(O)C(O)CCCC(=O)O. The largest absolute Gasteiger partial charge is 0.481 e. The van der Waals surface area contributed by atoms with E-state index in [1.54, 1.807) is 0 Å². The van der Waals surface area contributed by atoms with Crippen LogP contribution in [0.3, 0.4) is 0 Å². The summed E-state index contributed by atoms with van der Waals surface area (Å²) in [6, 6.07) is 0. The summed E-state index contributed by atoms with van der Waals surface area (Å²) in [6.45, 7) is 3.66. The Hall–Kier alpha value is -0.910. The van der Waals surface area contributed by atoms with E-state index in [9.17, 15) is 20.1 Å². The minimum atomic E-state index is -1.51. The fourth-order valence-corrected chi connectivity index (χ4v) is 2.65. The third kappa shape index (κ3) is 11.6. The van der Waals surface area contributed by atoms with Gasteiger partial charge in [0.2, 0.25) is 0 Å². The number of aliphatic hydroxyl groups is 3. The van der Waals surface area contributed by atoms with Crippen molar-refractivity contribution >= 4 is 5.97 Å². The number of aliphatic carboxylic acids is 1. The molecule has 4 N–H and O–H groups in total. The van der Waals surface area contributed by atoms with Gasteiger partial charge in [-0.3, -0.25) is 4.79 Å². The van der Waals surface area contributed by atoms with Gasteiger partial charge in [-0.15, -0.1) is 0 Å². The number of hydrogen-bond acceptors (Lipinski definition) is 4. The van der Waals surface area contributed by atoms with E-state index in [0.717, 1.165) is 19.3 Å². The van der Waals surface area contributed by atoms with Crippen LogP contribution in [0.2, 0.25) is 0 Å². The molecule has 0 spiro atoms. The van der Waals surface area contributed by atoms with Crippen LogP contribution in [0, 0.1) is 0 Å². The number of carboxylic acids is 1. The highest BCUT2D eigenvalue weighted by molar-refractivity contribution is 5.66. The predicted octanol–water partition coefficient (Wildman–Crippen LogP) is 3.41. The maximum absolute atomic E-state index is 10.4. The Labute approximate surface area is 146 Å². The fraction of sp³-hybridized carbons (Fsp3) is 0.842. The molecular formula is C19H36O5. The maximum atomic E-state index is 10.4. The van der Waals surface area contributed by atoms with Gasteiger partial charge in [0.05, 0.1) is 6.10 Å². The first-order valence-electron chi connectivity index (χ1n) is 9.29. The molecule has 0 aliphatic heterocycles. The number of hydrogen-bond donors (Lipinski definition) is 4. The van der Waals surface area contributed by atoms with Gasteiger partial charge in [0.15, 0.2) is 0 Å². The Morgan fingerprint density at radius 2 is 1.62 bits per heavy atom. The zero-order chi connectivity index (χ0) is 18.4. The summed E-state index contributed by atoms with van der Waals surface area (Å²) in [6.07, 6.45) is 10.7. The quantitative estimate of drug-likeness (QED) is 0.270. The Kier molecular flexibility index (Phi) is 12.9. The molecule has 0 aromatic carbocycles. The lowest BCUT2D eigenvalue weighted by molar-refractivity contribution is -0.137. The van der Waals surface area contributed by atoms with Crippen molar-refractivity contribution in [2.75, 3.05) is 0 Å². The lowest BCUT2D eigenvalue weighted by Crippen LogP contribution is -2.45. The first kappa shape index (κ1) is 23.1. The highest BCUT2D eigenvalue weighted by Crippen LogP contribution is 2.19. The van der Waals surface area contributed by atoms with Crippen LogP contribution in [0.25, 0.3) is 0 Å². The lowest BCUT2D eigenvalue weighted by atomic mass is 9.91. The van der Waals surface area contributed by atoms with E-state index in [4.69, 9.17) is 5.11 Å². The van der Waals surface area contributed by atoms with Gasteiger partial charge in [0.25, 0.3) is 0 Å². The summed E-state index contributed by atoms with van der Waals surface area (Å²) < 4.78 is 0. The van der Waals surface area contributed by atoms with Gasteiger partial charge in [-0.1, -0.05) is 57.6 Å². The highest BCUT2D eigenvalue weighted by Gasteiger charge is 2.33. The van der Waals surface area contributed by atoms with Crippen molar-refractivity contribution in [1.29, 1.82) is 0 Å². The zero-order valence-corrected chi connectivity index (χ0v) is 15.3. The minimum Gasteiger partial charge on any atom is -0.481 e. The molecule has 142 valence electrons. The van der Waals surface area contributed by atoms with Gasteiger partial charge in [-0.25, -0.2) is 0 Å². The Morgan fingerprint density at radius 3 is 2.21 bits per heavy atom. The molecule has 0 aliphatic rings. The van der Waals surface area contributed by atoms with Gasteiger partial charge in [0.1, 0.15) is 11.7 Å². The normalized spacial score (nSPS) is 16.9. The maximum Gasteiger partial charge on any atom is 0.303 e. The number of carboxylic acid groups (broad SMARTS) is 1. The van der Waals surface area contributed by atoms with Crippen molar-refractivity contribution in [3.63, 3.8) is 0 Å². The zero-order valence-electron chi connectivity index (χ0n) is 15.3. The second-order valence-corrected chi connectivity index (χ2v) is 6.84. The van der Waals surface area contributed by atoms with Crippen LogP contribution >= 0.6 is 0 Å². The predicted molar refractivity (Wildman–Crippen MR) is 95.9 cm³/mol. The van der Waals surface area contributed by atoms with Crippen molar-refractivity contribution in [1.82, 2.24) is 0 Å². The molecule has 5 nitrogen and oxygen atoms in total. The number of unbranched alkanes of at least 4 members (excludes halogenated alkanes) is 7. The summed E-state index contributed by atoms with van der Waals surface area (Å²) in [7, 11) is 0. The third-order valence-electron chi connectivity index (χ3n) is 4.28. The van der Waals surface area contributed by atoms with Crippen molar-refractivity contribution in [2.24, 2.45) is 0 Å². The summed E-state index contributed by atoms with van der Waals surface area (Å²) in [4.78, 5) is 10.4. The van der Waals surface area contributed by atoms with Crippen LogP contribution in [0.15, 0.2) is 12.2 Å². The molecule has 0 fully saturated rings. The van der Waals surface area contributed by atoms with Crippen molar-refractivity contribution < 1.29 is 25.2 Å². The number of aliphatic hydroxyl groups excluding tert-OH is 2. The molecule has 0 rings (SSSR count). The van der Waals surface area contributed by atoms with E-state index in [1.165, 1.54) is 45.1 Å². The van der Waals surface area contributed by atoms with E-state index in [0.29, 0.717) is 0 Å². The van der Waals surface area contributed by atoms with Crippen LogP contribution in [-0.2, 0) is 4.79 Å². The topological polar surface area (TPSA) is 98.0 Å². The smallest absolute Gasteiger partial charge is 0.303 e. The van der Waals surface area contributed by atoms with Crippen LogP contribution in [-0.4, -0.2) is 44.2 Å². The molecule has 0 saturated carbocycles. The second-order valence-electron chi connectivity index (χ2n) is 6.84. The molecule has 5 heteroatoms. The molecule has 0 aliphatic carbocycles. The van der Waals surface area contributed by atoms with Gasteiger partial charge in [0, 0.05) is 6.42 Å². The van der Waals surface area contributed by atoms with Crippen molar-refractivity contribution in [2.45, 2.75) is 102 Å². The van der Waals surface area contributed by atoms with Crippen LogP contribution in [0.4, 0.5) is 0 Å². The van der Waals surface area contributed by atoms with E-state index < -0.39 is 23.8 Å². The first-order chi connectivity index (χ1) is 11.3. The molecule has 3 unspecified atom stereocenters. The Morgan fingerprint density at radius 1 is 1.04 bits per heavy atom. The Balaban J connectivity index is 3.97. The average molecular weight is 344 g/mol. The lowest BCUT2D eigenvalue weighted by Gasteiger charge is -2.29. The van der Waals surface area contributed by atoms with Crippen LogP contribution in [0.1, 0.15) is 84.5 Å². The van der Waals surface area contributed by atoms with Gasteiger partial charge < -0.3 is 20.4 Å². The van der Waals surface area contributed by atoms with E-state index >= 15 is 0 Å². The van der Waals surface area contributed by atoms with E-state index in [1.807, 2.05) is 6.08 Å². The van der Waals surface area contributed by atoms with Crippen LogP contribution < -0.4 is 0 Å². The second kappa shape index (κ2) is 13.4. The standard InChI is InChI=1S/C19H36O5/c1-3-4-5-6-7-8-9-10-11-15-19(2,24)18(23)16(20)13-12-14-17(21)22/h11,15-16,18,20,23-24H,3-10,12-14H2,1-2H3,(H,21,22)/b15-11-. The van der Waals surface area contributed by atoms with Crippen molar-refractivity contribution in [3.8, 4) is 0 Å². The van der Waals surface area contributed by atoms with Crippen LogP contribution in [0.5, 0.6) is 0 Å². The molecule has 3 atom stereocenters. The van der Waals surface area contributed by atoms with E-state index in [2.05, 4.69) is 6.92 Å². The monoisotopic (exact) mass is 344 g/mol. The number of allylic oxidation sites excluding steroid dienone is 1. The molecule has 0 heterocycles. The number of rotatable bonds is 15. The van der Waals surface area contributed by atoms with Crippen molar-refractivity contribution in [3.05, 3.63) is 12.2 Å². The summed E-state index contributed by atoms with van der Waals surface area (Å²) >= 11 is 0. The summed E-state index contributed by atoms with van der Waals surface area (Å²) in [5.41, 5.74) is -1.51. The Bertz CT molecular complexity index is 352. The highest BCUT2D eigenvalue weighted by atomic mass is 16.4. The third-order valence-corrected chi connectivity index (χ3v) is 4.28. The van der Waals surface area contributed by atoms with E-state index in [-0.39, 0.29) is 19.3 Å². The van der Waals surface area contributed by atoms with Gasteiger partial charge >= 0.3 is 5.97 Å². The summed E-state index contributed by atoms with van der Waals surface area (Å²) in [5.74, 6) is -0.932. The molecular weight excluding hydrogens is 308 g/mol. The molecule has 0 aromatic rings. The summed E-state index contributed by atoms with van der Waals surface area (Å²) in [5, 5.41) is 38.7. The molecule has 0 amide bonds. The van der Waals surface area contributed by atoms with Gasteiger partial charge in [-0.05, 0) is 32.6 Å². The fourth-order valence-electron chi connectivity index (χ4n) is 2.65.